The molecule has 0 fully saturated rings. The van der Waals surface area contributed by atoms with Crippen LogP contribution in [0.2, 0.25) is 5.15 Å². The molecule has 3 rings (SSSR count). The molecule has 0 N–H and O–H groups in total. The average molecular weight is 398 g/mol. The average Bonchev–Trinajstić information content (AvgIpc) is 2.92. The molecule has 0 radical (unpaired) electrons. The lowest BCUT2D eigenvalue weighted by atomic mass is 10.0. The van der Waals surface area contributed by atoms with Crippen molar-refractivity contribution in [3.63, 3.8) is 0 Å². The molecule has 0 aromatic carbocycles. The van der Waals surface area contributed by atoms with Gasteiger partial charge in [0.05, 0.1) is 19.1 Å². The summed E-state index contributed by atoms with van der Waals surface area (Å²) in [5, 5.41) is 0.341. The van der Waals surface area contributed by atoms with Gasteiger partial charge in [-0.2, -0.15) is 0 Å². The Morgan fingerprint density at radius 1 is 1.41 bits per heavy atom. The number of halogens is 3. The minimum atomic E-state index is -2.88. The number of fused-ring (bicyclic) bond motifs is 1. The van der Waals surface area contributed by atoms with Crippen molar-refractivity contribution in [3.05, 3.63) is 51.6 Å². The molecule has 5 nitrogen and oxygen atoms in total. The fourth-order valence-corrected chi connectivity index (χ4v) is 3.56. The number of nitrogens with zero attached hydrogens (tertiary/aromatic N) is 3. The van der Waals surface area contributed by atoms with E-state index in [1.165, 1.54) is 6.20 Å². The number of aromatic nitrogens is 1. The first-order valence-electron chi connectivity index (χ1n) is 8.66. The minimum Gasteiger partial charge on any atom is -0.490 e. The second kappa shape index (κ2) is 7.11. The van der Waals surface area contributed by atoms with Crippen molar-refractivity contribution in [1.82, 2.24) is 14.8 Å². The van der Waals surface area contributed by atoms with E-state index in [9.17, 15) is 13.6 Å². The molecular weight excluding hydrogens is 376 g/mol. The van der Waals surface area contributed by atoms with Crippen LogP contribution >= 0.6 is 11.6 Å². The van der Waals surface area contributed by atoms with E-state index in [-0.39, 0.29) is 11.9 Å². The lowest BCUT2D eigenvalue weighted by Crippen LogP contribution is -2.41. The van der Waals surface area contributed by atoms with Gasteiger partial charge in [-0.1, -0.05) is 11.6 Å². The number of carbonyl (C=O) groups is 1. The van der Waals surface area contributed by atoms with Gasteiger partial charge >= 0.3 is 0 Å². The van der Waals surface area contributed by atoms with E-state index >= 15 is 0 Å². The standard InChI is InChI=1S/C19H22ClF2N3O2/c1-11-7-15(24(4)9-16(11)27-10-19(3,21)22)12(2)25-8-14-13(18(25)26)5-6-23-17(14)20/h5-7,12H,8-10H2,1-4H3. The fourth-order valence-electron chi connectivity index (χ4n) is 3.34. The number of alkyl halides is 2. The van der Waals surface area contributed by atoms with Crippen LogP contribution in [-0.4, -0.2) is 52.9 Å². The van der Waals surface area contributed by atoms with Crippen LogP contribution in [0.4, 0.5) is 8.78 Å². The molecule has 146 valence electrons. The number of allylic oxidation sites excluding steroid dienone is 2. The third-order valence-electron chi connectivity index (χ3n) is 4.84. The Labute approximate surface area is 162 Å². The smallest absolute Gasteiger partial charge is 0.278 e. The number of hydrogen-bond acceptors (Lipinski definition) is 4. The van der Waals surface area contributed by atoms with Gasteiger partial charge < -0.3 is 14.5 Å². The van der Waals surface area contributed by atoms with Gasteiger partial charge in [0.2, 0.25) is 0 Å². The first-order valence-corrected chi connectivity index (χ1v) is 9.03. The van der Waals surface area contributed by atoms with Gasteiger partial charge in [-0.3, -0.25) is 4.79 Å². The Morgan fingerprint density at radius 3 is 2.74 bits per heavy atom. The number of likely N-dealkylation sites (N-methyl/N-ethyl adjacent to an activating group) is 1. The monoisotopic (exact) mass is 397 g/mol. The summed E-state index contributed by atoms with van der Waals surface area (Å²) in [7, 11) is 1.85. The fraction of sp³-hybridized carbons (Fsp3) is 0.474. The predicted molar refractivity (Wildman–Crippen MR) is 98.6 cm³/mol. The van der Waals surface area contributed by atoms with Gasteiger partial charge in [0.25, 0.3) is 11.8 Å². The highest BCUT2D eigenvalue weighted by molar-refractivity contribution is 6.30. The SMILES string of the molecule is CC1=C(OCC(C)(F)F)CN(C)C(C(C)N2Cc3c(ccnc3Cl)C2=O)=C1. The molecular formula is C19H22ClF2N3O2. The molecule has 1 unspecified atom stereocenters. The maximum Gasteiger partial charge on any atom is 0.278 e. The molecule has 27 heavy (non-hydrogen) atoms. The summed E-state index contributed by atoms with van der Waals surface area (Å²) in [6.07, 6.45) is 3.41. The number of rotatable bonds is 5. The highest BCUT2D eigenvalue weighted by atomic mass is 35.5. The van der Waals surface area contributed by atoms with E-state index in [0.29, 0.717) is 29.6 Å². The Kier molecular flexibility index (Phi) is 5.16. The summed E-state index contributed by atoms with van der Waals surface area (Å²) in [5.41, 5.74) is 3.00. The number of hydrogen-bond donors (Lipinski definition) is 0. The normalized spacial score (nSPS) is 18.6. The van der Waals surface area contributed by atoms with E-state index < -0.39 is 12.5 Å². The maximum absolute atomic E-state index is 13.1. The van der Waals surface area contributed by atoms with Crippen LogP contribution < -0.4 is 0 Å². The number of carbonyl (C=O) groups excluding carboxylic acids is 1. The lowest BCUT2D eigenvalue weighted by Gasteiger charge is -2.36. The minimum absolute atomic E-state index is 0.0922. The molecule has 1 amide bonds. The third kappa shape index (κ3) is 3.93. The van der Waals surface area contributed by atoms with Gasteiger partial charge in [0.1, 0.15) is 10.9 Å². The molecule has 2 aliphatic heterocycles. The Balaban J connectivity index is 1.81. The molecule has 0 spiro atoms. The number of pyridine rings is 1. The second-order valence-electron chi connectivity index (χ2n) is 7.13. The van der Waals surface area contributed by atoms with Gasteiger partial charge in [0, 0.05) is 37.0 Å². The van der Waals surface area contributed by atoms with E-state index in [1.54, 1.807) is 11.0 Å². The molecule has 0 bridgehead atoms. The molecule has 1 aromatic rings. The van der Waals surface area contributed by atoms with Crippen molar-refractivity contribution in [2.24, 2.45) is 0 Å². The van der Waals surface area contributed by atoms with Gasteiger partial charge in [-0.25, -0.2) is 13.8 Å². The summed E-state index contributed by atoms with van der Waals surface area (Å²) >= 11 is 6.13. The first-order chi connectivity index (χ1) is 12.6. The molecule has 0 aliphatic carbocycles. The molecule has 1 aromatic heterocycles. The molecule has 0 saturated carbocycles. The molecule has 8 heteroatoms. The van der Waals surface area contributed by atoms with Crippen LogP contribution in [0.1, 0.15) is 36.7 Å². The second-order valence-corrected chi connectivity index (χ2v) is 7.49. The number of amides is 1. The zero-order valence-electron chi connectivity index (χ0n) is 15.7. The predicted octanol–water partition coefficient (Wildman–Crippen LogP) is 3.85. The highest BCUT2D eigenvalue weighted by Crippen LogP contribution is 2.33. The summed E-state index contributed by atoms with van der Waals surface area (Å²) < 4.78 is 31.5. The summed E-state index contributed by atoms with van der Waals surface area (Å²) in [6, 6.07) is 1.46. The topological polar surface area (TPSA) is 45.7 Å². The third-order valence-corrected chi connectivity index (χ3v) is 5.17. The quantitative estimate of drug-likeness (QED) is 0.708. The van der Waals surface area contributed by atoms with E-state index in [0.717, 1.165) is 23.8 Å². The molecule has 3 heterocycles. The van der Waals surface area contributed by atoms with Crippen LogP contribution in [0.3, 0.4) is 0 Å². The lowest BCUT2D eigenvalue weighted by molar-refractivity contribution is -0.0467. The highest BCUT2D eigenvalue weighted by Gasteiger charge is 2.36. The van der Waals surface area contributed by atoms with Gasteiger partial charge in [-0.15, -0.1) is 0 Å². The van der Waals surface area contributed by atoms with E-state index in [4.69, 9.17) is 16.3 Å². The van der Waals surface area contributed by atoms with Crippen molar-refractivity contribution in [2.45, 2.75) is 39.3 Å². The Hall–Kier alpha value is -2.15. The summed E-state index contributed by atoms with van der Waals surface area (Å²) in [4.78, 5) is 20.5. The maximum atomic E-state index is 13.1. The van der Waals surface area contributed by atoms with Crippen molar-refractivity contribution in [2.75, 3.05) is 20.2 Å². The summed E-state index contributed by atoms with van der Waals surface area (Å²) in [6.45, 7) is 4.70. The van der Waals surface area contributed by atoms with Crippen LogP contribution in [0, 0.1) is 0 Å². The van der Waals surface area contributed by atoms with Crippen molar-refractivity contribution in [1.29, 1.82) is 0 Å². The Bertz CT molecular complexity index is 833. The van der Waals surface area contributed by atoms with Crippen LogP contribution in [-0.2, 0) is 11.3 Å². The first kappa shape index (κ1) is 19.6. The van der Waals surface area contributed by atoms with Gasteiger partial charge in [0.15, 0.2) is 6.61 Å². The van der Waals surface area contributed by atoms with Crippen LogP contribution in [0.15, 0.2) is 35.4 Å². The van der Waals surface area contributed by atoms with E-state index in [2.05, 4.69) is 4.98 Å². The van der Waals surface area contributed by atoms with E-state index in [1.807, 2.05) is 31.9 Å². The van der Waals surface area contributed by atoms with Gasteiger partial charge in [-0.05, 0) is 31.6 Å². The number of ether oxygens (including phenoxy) is 1. The van der Waals surface area contributed by atoms with Crippen LogP contribution in [0.25, 0.3) is 0 Å². The zero-order valence-corrected chi connectivity index (χ0v) is 16.5. The van der Waals surface area contributed by atoms with Crippen molar-refractivity contribution >= 4 is 17.5 Å². The molecule has 0 saturated heterocycles. The Morgan fingerprint density at radius 2 is 2.11 bits per heavy atom. The summed E-state index contributed by atoms with van der Waals surface area (Å²) in [5.74, 6) is -2.46. The van der Waals surface area contributed by atoms with Crippen molar-refractivity contribution in [3.8, 4) is 0 Å². The zero-order chi connectivity index (χ0) is 19.9. The van der Waals surface area contributed by atoms with Crippen molar-refractivity contribution < 1.29 is 18.3 Å². The largest absolute Gasteiger partial charge is 0.490 e. The molecule has 2 aliphatic rings. The van der Waals surface area contributed by atoms with Crippen LogP contribution in [0.5, 0.6) is 0 Å². The molecule has 1 atom stereocenters.